The largest absolute Gasteiger partial charge is 0.341 e. The number of fused-ring (bicyclic) bond motifs is 3. The highest BCUT2D eigenvalue weighted by molar-refractivity contribution is 7.19. The molecule has 2 aliphatic rings. The van der Waals surface area contributed by atoms with E-state index >= 15 is 0 Å². The first-order valence-electron chi connectivity index (χ1n) is 11.2. The molecule has 0 N–H and O–H groups in total. The van der Waals surface area contributed by atoms with Gasteiger partial charge in [0, 0.05) is 41.9 Å². The van der Waals surface area contributed by atoms with Gasteiger partial charge in [0.2, 0.25) is 5.95 Å². The molecule has 1 fully saturated rings. The van der Waals surface area contributed by atoms with Crippen molar-refractivity contribution in [1.29, 1.82) is 0 Å². The molecule has 3 aromatic heterocycles. The molecule has 0 spiro atoms. The number of aryl methyl sites for hydroxylation is 4. The topological polar surface area (TPSA) is 59.7 Å². The van der Waals surface area contributed by atoms with Crippen LogP contribution in [0.3, 0.4) is 0 Å². The van der Waals surface area contributed by atoms with Crippen molar-refractivity contribution in [2.24, 2.45) is 7.05 Å². The molecule has 7 heteroatoms. The van der Waals surface area contributed by atoms with Gasteiger partial charge in [-0.05, 0) is 44.6 Å². The van der Waals surface area contributed by atoms with Crippen molar-refractivity contribution in [3.05, 3.63) is 52.4 Å². The maximum atomic E-state index is 5.17. The Labute approximate surface area is 186 Å². The van der Waals surface area contributed by atoms with E-state index in [4.69, 9.17) is 9.97 Å². The standard InChI is InChI=1S/C24H26N6S/c1-15-6-8-16(9-7-15)21-20-18-4-3-5-19(18)31-23(20)27-24(26-21)30-12-10-17(11-13-30)22-28-25-14-29(22)2/h6-9,14,17H,3-5,10-13H2,1-2H3. The Kier molecular flexibility index (Phi) is 4.52. The van der Waals surface area contributed by atoms with Crippen LogP contribution in [0, 0.1) is 6.92 Å². The minimum Gasteiger partial charge on any atom is -0.341 e. The number of rotatable bonds is 3. The summed E-state index contributed by atoms with van der Waals surface area (Å²) in [5.74, 6) is 2.42. The van der Waals surface area contributed by atoms with E-state index in [0.717, 1.165) is 54.6 Å². The molecule has 4 aromatic rings. The first-order chi connectivity index (χ1) is 15.2. The van der Waals surface area contributed by atoms with E-state index in [9.17, 15) is 0 Å². The summed E-state index contributed by atoms with van der Waals surface area (Å²) in [7, 11) is 2.03. The van der Waals surface area contributed by atoms with Gasteiger partial charge in [0.05, 0.1) is 5.69 Å². The minimum absolute atomic E-state index is 0.453. The highest BCUT2D eigenvalue weighted by Gasteiger charge is 2.28. The van der Waals surface area contributed by atoms with Gasteiger partial charge in [0.1, 0.15) is 17.0 Å². The molecule has 0 radical (unpaired) electrons. The van der Waals surface area contributed by atoms with Gasteiger partial charge in [0.15, 0.2) is 0 Å². The van der Waals surface area contributed by atoms with Gasteiger partial charge in [-0.1, -0.05) is 29.8 Å². The summed E-state index contributed by atoms with van der Waals surface area (Å²) in [5, 5.41) is 9.68. The number of benzene rings is 1. The predicted octanol–water partition coefficient (Wildman–Crippen LogP) is 4.67. The first kappa shape index (κ1) is 18.9. The summed E-state index contributed by atoms with van der Waals surface area (Å²) in [6.45, 7) is 4.03. The Balaban J connectivity index is 1.38. The average Bonchev–Trinajstić information content (AvgIpc) is 3.50. The minimum atomic E-state index is 0.453. The lowest BCUT2D eigenvalue weighted by Gasteiger charge is -2.31. The van der Waals surface area contributed by atoms with Gasteiger partial charge in [0.25, 0.3) is 0 Å². The van der Waals surface area contributed by atoms with E-state index in [1.807, 2.05) is 23.0 Å². The number of nitrogens with zero attached hydrogens (tertiary/aromatic N) is 6. The lowest BCUT2D eigenvalue weighted by molar-refractivity contribution is 0.470. The van der Waals surface area contributed by atoms with Crippen LogP contribution in [0.25, 0.3) is 21.5 Å². The second-order valence-corrected chi connectivity index (χ2v) is 9.92. The molecule has 1 aliphatic carbocycles. The van der Waals surface area contributed by atoms with Gasteiger partial charge < -0.3 is 9.47 Å². The van der Waals surface area contributed by atoms with Crippen LogP contribution >= 0.6 is 11.3 Å². The number of hydrogen-bond donors (Lipinski definition) is 0. The molecule has 0 atom stereocenters. The van der Waals surface area contributed by atoms with Crippen molar-refractivity contribution in [1.82, 2.24) is 24.7 Å². The third-order valence-corrected chi connectivity index (χ3v) is 7.95. The van der Waals surface area contributed by atoms with Crippen LogP contribution in [-0.2, 0) is 19.9 Å². The number of aromatic nitrogens is 5. The third-order valence-electron chi connectivity index (χ3n) is 6.77. The summed E-state index contributed by atoms with van der Waals surface area (Å²) in [5.41, 5.74) is 5.06. The molecule has 6 nitrogen and oxygen atoms in total. The zero-order valence-corrected chi connectivity index (χ0v) is 18.8. The van der Waals surface area contributed by atoms with Gasteiger partial charge in [-0.25, -0.2) is 9.97 Å². The second kappa shape index (κ2) is 7.41. The normalized spacial score (nSPS) is 16.9. The van der Waals surface area contributed by atoms with E-state index in [2.05, 4.69) is 46.3 Å². The van der Waals surface area contributed by atoms with Gasteiger partial charge >= 0.3 is 0 Å². The molecule has 0 bridgehead atoms. The summed E-state index contributed by atoms with van der Waals surface area (Å²) in [4.78, 5) is 15.3. The molecule has 6 rings (SSSR count). The zero-order chi connectivity index (χ0) is 20.9. The number of thiophene rings is 1. The number of piperidine rings is 1. The number of anilines is 1. The SMILES string of the molecule is Cc1ccc(-c2nc(N3CCC(c4nncn4C)CC3)nc3sc4c(c23)CCC4)cc1. The lowest BCUT2D eigenvalue weighted by atomic mass is 9.96. The fraction of sp³-hybridized carbons (Fsp3) is 0.417. The highest BCUT2D eigenvalue weighted by Crippen LogP contribution is 2.42. The number of hydrogen-bond acceptors (Lipinski definition) is 6. The van der Waals surface area contributed by atoms with Crippen molar-refractivity contribution in [3.63, 3.8) is 0 Å². The maximum absolute atomic E-state index is 5.17. The molecule has 158 valence electrons. The molecule has 1 aliphatic heterocycles. The maximum Gasteiger partial charge on any atom is 0.227 e. The fourth-order valence-electron chi connectivity index (χ4n) is 5.05. The molecule has 31 heavy (non-hydrogen) atoms. The summed E-state index contributed by atoms with van der Waals surface area (Å²) in [6.07, 6.45) is 7.48. The third kappa shape index (κ3) is 3.22. The molecule has 0 unspecified atom stereocenters. The van der Waals surface area contributed by atoms with Crippen molar-refractivity contribution in [3.8, 4) is 11.3 Å². The lowest BCUT2D eigenvalue weighted by Crippen LogP contribution is -2.34. The van der Waals surface area contributed by atoms with Crippen molar-refractivity contribution in [2.45, 2.75) is 44.9 Å². The second-order valence-electron chi connectivity index (χ2n) is 8.84. The van der Waals surface area contributed by atoms with Crippen molar-refractivity contribution < 1.29 is 0 Å². The van der Waals surface area contributed by atoms with E-state index in [0.29, 0.717) is 5.92 Å². The van der Waals surface area contributed by atoms with Crippen molar-refractivity contribution in [2.75, 3.05) is 18.0 Å². The predicted molar refractivity (Wildman–Crippen MR) is 125 cm³/mol. The van der Waals surface area contributed by atoms with E-state index in [1.54, 1.807) is 6.33 Å². The Morgan fingerprint density at radius 2 is 1.84 bits per heavy atom. The Hall–Kier alpha value is -2.80. The van der Waals surface area contributed by atoms with Crippen LogP contribution in [0.5, 0.6) is 0 Å². The molecule has 4 heterocycles. The molecule has 1 saturated heterocycles. The smallest absolute Gasteiger partial charge is 0.227 e. The van der Waals surface area contributed by atoms with Crippen LogP contribution in [0.4, 0.5) is 5.95 Å². The Morgan fingerprint density at radius 3 is 2.58 bits per heavy atom. The highest BCUT2D eigenvalue weighted by atomic mass is 32.1. The van der Waals surface area contributed by atoms with E-state index < -0.39 is 0 Å². The zero-order valence-electron chi connectivity index (χ0n) is 18.0. The van der Waals surface area contributed by atoms with Crippen LogP contribution in [0.15, 0.2) is 30.6 Å². The van der Waals surface area contributed by atoms with Gasteiger partial charge in [-0.3, -0.25) is 0 Å². The van der Waals surface area contributed by atoms with Gasteiger partial charge in [-0.2, -0.15) is 0 Å². The van der Waals surface area contributed by atoms with E-state index in [1.165, 1.54) is 39.8 Å². The summed E-state index contributed by atoms with van der Waals surface area (Å²) in [6, 6.07) is 8.78. The average molecular weight is 431 g/mol. The van der Waals surface area contributed by atoms with Crippen LogP contribution in [0.1, 0.15) is 47.0 Å². The summed E-state index contributed by atoms with van der Waals surface area (Å²) < 4.78 is 2.05. The van der Waals surface area contributed by atoms with Crippen LogP contribution in [-0.4, -0.2) is 37.8 Å². The monoisotopic (exact) mass is 430 g/mol. The van der Waals surface area contributed by atoms with Crippen LogP contribution in [0.2, 0.25) is 0 Å². The molecule has 0 saturated carbocycles. The quantitative estimate of drug-likeness (QED) is 0.473. The Morgan fingerprint density at radius 1 is 1.03 bits per heavy atom. The Bertz CT molecular complexity index is 1250. The molecule has 1 aromatic carbocycles. The molecular formula is C24H26N6S. The molecule has 0 amide bonds. The molecular weight excluding hydrogens is 404 g/mol. The van der Waals surface area contributed by atoms with Crippen molar-refractivity contribution >= 4 is 27.5 Å². The van der Waals surface area contributed by atoms with Gasteiger partial charge in [-0.15, -0.1) is 21.5 Å². The summed E-state index contributed by atoms with van der Waals surface area (Å²) >= 11 is 1.88. The van der Waals surface area contributed by atoms with E-state index in [-0.39, 0.29) is 0 Å². The fourth-order valence-corrected chi connectivity index (χ4v) is 6.30. The van der Waals surface area contributed by atoms with Crippen LogP contribution < -0.4 is 4.90 Å². The first-order valence-corrected chi connectivity index (χ1v) is 12.0.